The van der Waals surface area contributed by atoms with Gasteiger partial charge in [-0.15, -0.1) is 6.42 Å². The molecule has 0 fully saturated rings. The molecule has 0 heterocycles. The second kappa shape index (κ2) is 5.06. The largest absolute Gasteiger partial charge is 0.493 e. The summed E-state index contributed by atoms with van der Waals surface area (Å²) in [5.41, 5.74) is 0.815. The first-order chi connectivity index (χ1) is 7.21. The van der Waals surface area contributed by atoms with E-state index in [-0.39, 0.29) is 12.2 Å². The van der Waals surface area contributed by atoms with Gasteiger partial charge in [-0.3, -0.25) is 4.79 Å². The monoisotopic (exact) mass is 204 g/mol. The van der Waals surface area contributed by atoms with E-state index in [9.17, 15) is 4.79 Å². The minimum absolute atomic E-state index is 0.219. The van der Waals surface area contributed by atoms with Crippen molar-refractivity contribution < 1.29 is 14.3 Å². The van der Waals surface area contributed by atoms with Crippen molar-refractivity contribution in [1.29, 1.82) is 0 Å². The third-order valence-electron chi connectivity index (χ3n) is 1.97. The second-order valence-electron chi connectivity index (χ2n) is 2.93. The highest BCUT2D eigenvalue weighted by Gasteiger charge is 2.06. The van der Waals surface area contributed by atoms with E-state index >= 15 is 0 Å². The van der Waals surface area contributed by atoms with Gasteiger partial charge < -0.3 is 9.47 Å². The third-order valence-corrected chi connectivity index (χ3v) is 1.97. The molecule has 0 amide bonds. The molecule has 1 aromatic rings. The fraction of sp³-hybridized carbons (Fsp3) is 0.250. The Morgan fingerprint density at radius 2 is 2.00 bits per heavy atom. The van der Waals surface area contributed by atoms with Crippen LogP contribution in [-0.4, -0.2) is 20.0 Å². The Balaban J connectivity index is 2.94. The zero-order chi connectivity index (χ0) is 11.3. The average molecular weight is 204 g/mol. The number of hydrogen-bond donors (Lipinski definition) is 0. The number of ether oxygens (including phenoxy) is 2. The van der Waals surface area contributed by atoms with Gasteiger partial charge in [-0.05, 0) is 23.6 Å². The Labute approximate surface area is 89.0 Å². The Hall–Kier alpha value is -1.95. The molecule has 0 spiro atoms. The van der Waals surface area contributed by atoms with Crippen LogP contribution in [0.25, 0.3) is 0 Å². The lowest BCUT2D eigenvalue weighted by Crippen LogP contribution is -1.99. The fourth-order valence-corrected chi connectivity index (χ4v) is 1.23. The lowest BCUT2D eigenvalue weighted by atomic mass is 10.1. The van der Waals surface area contributed by atoms with Crippen molar-refractivity contribution >= 4 is 5.78 Å². The number of rotatable bonds is 4. The SMILES string of the molecule is C#CC(=O)Cc1ccc(OC)c(OC)c1. The zero-order valence-electron chi connectivity index (χ0n) is 8.74. The first-order valence-electron chi connectivity index (χ1n) is 4.41. The van der Waals surface area contributed by atoms with E-state index in [4.69, 9.17) is 15.9 Å². The van der Waals surface area contributed by atoms with Crippen molar-refractivity contribution in [3.05, 3.63) is 23.8 Å². The van der Waals surface area contributed by atoms with Gasteiger partial charge in [0.15, 0.2) is 11.5 Å². The van der Waals surface area contributed by atoms with Crippen LogP contribution in [0.2, 0.25) is 0 Å². The molecule has 0 aliphatic rings. The molecular formula is C12H12O3. The van der Waals surface area contributed by atoms with E-state index in [2.05, 4.69) is 5.92 Å². The highest BCUT2D eigenvalue weighted by Crippen LogP contribution is 2.27. The van der Waals surface area contributed by atoms with Crippen LogP contribution in [0.1, 0.15) is 5.56 Å². The van der Waals surface area contributed by atoms with Crippen molar-refractivity contribution in [2.75, 3.05) is 14.2 Å². The molecule has 0 bridgehead atoms. The molecule has 78 valence electrons. The standard InChI is InChI=1S/C12H12O3/c1-4-10(13)7-9-5-6-11(14-2)12(8-9)15-3/h1,5-6,8H,7H2,2-3H3. The highest BCUT2D eigenvalue weighted by molar-refractivity contribution is 5.96. The number of benzene rings is 1. The maximum absolute atomic E-state index is 11.0. The summed E-state index contributed by atoms with van der Waals surface area (Å²) in [6.45, 7) is 0. The Morgan fingerprint density at radius 3 is 2.53 bits per heavy atom. The molecule has 0 aliphatic carbocycles. The van der Waals surface area contributed by atoms with Crippen LogP contribution in [0.3, 0.4) is 0 Å². The lowest BCUT2D eigenvalue weighted by molar-refractivity contribution is -0.113. The van der Waals surface area contributed by atoms with E-state index in [0.29, 0.717) is 11.5 Å². The van der Waals surface area contributed by atoms with Crippen LogP contribution in [0, 0.1) is 12.3 Å². The molecule has 0 unspecified atom stereocenters. The molecule has 3 heteroatoms. The van der Waals surface area contributed by atoms with E-state index < -0.39 is 0 Å². The van der Waals surface area contributed by atoms with Crippen LogP contribution < -0.4 is 9.47 Å². The summed E-state index contributed by atoms with van der Waals surface area (Å²) < 4.78 is 10.2. The summed E-state index contributed by atoms with van der Waals surface area (Å²) in [6, 6.07) is 5.28. The van der Waals surface area contributed by atoms with Crippen molar-refractivity contribution in [1.82, 2.24) is 0 Å². The van der Waals surface area contributed by atoms with Gasteiger partial charge in [0.1, 0.15) is 0 Å². The van der Waals surface area contributed by atoms with Gasteiger partial charge >= 0.3 is 0 Å². The van der Waals surface area contributed by atoms with E-state index in [1.807, 2.05) is 0 Å². The van der Waals surface area contributed by atoms with Crippen LogP contribution in [0.4, 0.5) is 0 Å². The molecular weight excluding hydrogens is 192 g/mol. The van der Waals surface area contributed by atoms with Crippen molar-refractivity contribution in [2.45, 2.75) is 6.42 Å². The zero-order valence-corrected chi connectivity index (χ0v) is 8.74. The Kier molecular flexibility index (Phi) is 3.75. The summed E-state index contributed by atoms with van der Waals surface area (Å²) in [5, 5.41) is 0. The molecule has 0 aliphatic heterocycles. The van der Waals surface area contributed by atoms with E-state index in [1.165, 1.54) is 0 Å². The number of methoxy groups -OCH3 is 2. The van der Waals surface area contributed by atoms with Crippen LogP contribution in [0.5, 0.6) is 11.5 Å². The summed E-state index contributed by atoms with van der Waals surface area (Å²) >= 11 is 0. The second-order valence-corrected chi connectivity index (χ2v) is 2.93. The minimum atomic E-state index is -0.248. The van der Waals surface area contributed by atoms with Gasteiger partial charge in [0.2, 0.25) is 5.78 Å². The number of carbonyl (C=O) groups excluding carboxylic acids is 1. The number of ketones is 1. The van der Waals surface area contributed by atoms with Gasteiger partial charge in [-0.25, -0.2) is 0 Å². The average Bonchev–Trinajstić information content (AvgIpc) is 2.28. The normalized spacial score (nSPS) is 9.13. The van der Waals surface area contributed by atoms with Crippen LogP contribution in [0.15, 0.2) is 18.2 Å². The predicted molar refractivity (Wildman–Crippen MR) is 57.1 cm³/mol. The number of hydrogen-bond acceptors (Lipinski definition) is 3. The molecule has 3 nitrogen and oxygen atoms in total. The first-order valence-corrected chi connectivity index (χ1v) is 4.41. The molecule has 0 aromatic heterocycles. The molecule has 15 heavy (non-hydrogen) atoms. The van der Waals surface area contributed by atoms with Gasteiger partial charge in [0, 0.05) is 6.42 Å². The van der Waals surface area contributed by atoms with E-state index in [0.717, 1.165) is 5.56 Å². The Bertz CT molecular complexity index is 402. The minimum Gasteiger partial charge on any atom is -0.493 e. The summed E-state index contributed by atoms with van der Waals surface area (Å²) in [7, 11) is 3.11. The predicted octanol–water partition coefficient (Wildman–Crippen LogP) is 1.45. The molecule has 0 N–H and O–H groups in total. The molecule has 0 atom stereocenters. The number of terminal acetylenes is 1. The van der Waals surface area contributed by atoms with Crippen molar-refractivity contribution in [3.8, 4) is 23.8 Å². The molecule has 1 aromatic carbocycles. The quantitative estimate of drug-likeness (QED) is 0.550. The van der Waals surface area contributed by atoms with Gasteiger partial charge in [0.05, 0.1) is 14.2 Å². The fourth-order valence-electron chi connectivity index (χ4n) is 1.23. The van der Waals surface area contributed by atoms with Crippen molar-refractivity contribution in [2.24, 2.45) is 0 Å². The van der Waals surface area contributed by atoms with Crippen LogP contribution >= 0.6 is 0 Å². The topological polar surface area (TPSA) is 35.5 Å². The van der Waals surface area contributed by atoms with Crippen molar-refractivity contribution in [3.63, 3.8) is 0 Å². The molecule has 0 radical (unpaired) electrons. The van der Waals surface area contributed by atoms with E-state index in [1.54, 1.807) is 32.4 Å². The molecule has 1 rings (SSSR count). The smallest absolute Gasteiger partial charge is 0.209 e. The lowest BCUT2D eigenvalue weighted by Gasteiger charge is -2.08. The van der Waals surface area contributed by atoms with Crippen LogP contribution in [-0.2, 0) is 11.2 Å². The molecule has 0 saturated heterocycles. The molecule has 0 saturated carbocycles. The number of Topliss-reactive ketones (excluding diaryl/α,β-unsaturated/α-hetero) is 1. The van der Waals surface area contributed by atoms with Gasteiger partial charge in [-0.1, -0.05) is 6.07 Å². The Morgan fingerprint density at radius 1 is 1.33 bits per heavy atom. The maximum atomic E-state index is 11.0. The highest BCUT2D eigenvalue weighted by atomic mass is 16.5. The third kappa shape index (κ3) is 2.75. The first kappa shape index (κ1) is 11.1. The number of carbonyl (C=O) groups is 1. The van der Waals surface area contributed by atoms with Gasteiger partial charge in [-0.2, -0.15) is 0 Å². The van der Waals surface area contributed by atoms with Gasteiger partial charge in [0.25, 0.3) is 0 Å². The summed E-state index contributed by atoms with van der Waals surface area (Å²) in [5.74, 6) is 3.05. The maximum Gasteiger partial charge on any atom is 0.209 e. The summed E-state index contributed by atoms with van der Waals surface area (Å²) in [6.07, 6.45) is 5.21. The summed E-state index contributed by atoms with van der Waals surface area (Å²) in [4.78, 5) is 11.0.